The predicted molar refractivity (Wildman–Crippen MR) is 91.9 cm³/mol. The van der Waals surface area contributed by atoms with Crippen molar-refractivity contribution in [1.29, 1.82) is 0 Å². The smallest absolute Gasteiger partial charge is 0.109 e. The Hall–Kier alpha value is 1.48. The lowest BCUT2D eigenvalue weighted by Crippen LogP contribution is -2.49. The maximum atomic E-state index is 6.99. The van der Waals surface area contributed by atoms with Crippen molar-refractivity contribution in [2.24, 2.45) is 28.6 Å². The van der Waals surface area contributed by atoms with Gasteiger partial charge in [0.2, 0.25) is 0 Å². The standard InChI is InChI=1S/C15H16Cl6/c1-11(2)6-4-8-12(3,5-7(6)11)14(19)10(17)9(16)13(8,18)15(14,20)21/h6-8H,4-5H2,1-3H3. The lowest BCUT2D eigenvalue weighted by Gasteiger charge is -2.48. The van der Waals surface area contributed by atoms with Crippen LogP contribution < -0.4 is 0 Å². The van der Waals surface area contributed by atoms with Crippen molar-refractivity contribution in [3.05, 3.63) is 10.1 Å². The molecule has 6 heteroatoms. The Kier molecular flexibility index (Phi) is 2.92. The number of hydrogen-bond acceptors (Lipinski definition) is 0. The average molecular weight is 409 g/mol. The van der Waals surface area contributed by atoms with E-state index < -0.39 is 14.1 Å². The number of rotatable bonds is 0. The second-order valence-electron chi connectivity index (χ2n) is 8.02. The van der Waals surface area contributed by atoms with Gasteiger partial charge in [0.15, 0.2) is 4.33 Å². The molecule has 4 rings (SSSR count). The van der Waals surface area contributed by atoms with Crippen LogP contribution >= 0.6 is 69.6 Å². The van der Waals surface area contributed by atoms with Crippen LogP contribution in [0.3, 0.4) is 0 Å². The Labute approximate surface area is 155 Å². The molecule has 0 aliphatic heterocycles. The van der Waals surface area contributed by atoms with Crippen LogP contribution in [-0.4, -0.2) is 14.1 Å². The van der Waals surface area contributed by atoms with Crippen molar-refractivity contribution in [3.8, 4) is 0 Å². The minimum Gasteiger partial charge on any atom is -0.109 e. The largest absolute Gasteiger partial charge is 0.167 e. The van der Waals surface area contributed by atoms with Crippen molar-refractivity contribution in [2.45, 2.75) is 47.7 Å². The van der Waals surface area contributed by atoms with Crippen molar-refractivity contribution in [2.75, 3.05) is 0 Å². The lowest BCUT2D eigenvalue weighted by atomic mass is 9.61. The summed E-state index contributed by atoms with van der Waals surface area (Å²) in [6, 6.07) is 0. The van der Waals surface area contributed by atoms with E-state index in [-0.39, 0.29) is 11.3 Å². The van der Waals surface area contributed by atoms with Gasteiger partial charge in [0, 0.05) is 5.41 Å². The third kappa shape index (κ3) is 1.29. The Morgan fingerprint density at radius 2 is 1.48 bits per heavy atom. The van der Waals surface area contributed by atoms with Gasteiger partial charge < -0.3 is 0 Å². The normalized spacial score (nSPS) is 59.0. The predicted octanol–water partition coefficient (Wildman–Crippen LogP) is 6.52. The highest BCUT2D eigenvalue weighted by molar-refractivity contribution is 6.65. The molecule has 0 nitrogen and oxygen atoms in total. The molecule has 21 heavy (non-hydrogen) atoms. The molecule has 0 aromatic rings. The zero-order valence-corrected chi connectivity index (χ0v) is 16.4. The zero-order chi connectivity index (χ0) is 15.8. The second kappa shape index (κ2) is 3.83. The Morgan fingerprint density at radius 1 is 0.905 bits per heavy atom. The van der Waals surface area contributed by atoms with Gasteiger partial charge in [-0.2, -0.15) is 0 Å². The summed E-state index contributed by atoms with van der Waals surface area (Å²) in [7, 11) is 0. The number of alkyl halides is 4. The molecule has 4 aliphatic carbocycles. The maximum Gasteiger partial charge on any atom is 0.167 e. The molecule has 0 aromatic heterocycles. The van der Waals surface area contributed by atoms with Gasteiger partial charge in [0.05, 0.1) is 10.1 Å². The SMILES string of the molecule is CC1(C)C2CC3C(C)(CC21)C1(Cl)C(Cl)=C(Cl)C3(Cl)C1(Cl)Cl. The van der Waals surface area contributed by atoms with Crippen LogP contribution in [0.1, 0.15) is 33.6 Å². The van der Waals surface area contributed by atoms with Crippen LogP contribution in [0.4, 0.5) is 0 Å². The molecule has 0 aromatic carbocycles. The minimum absolute atomic E-state index is 0.0391. The Balaban J connectivity index is 1.94. The fourth-order valence-electron chi connectivity index (χ4n) is 5.64. The molecule has 0 amide bonds. The first-order chi connectivity index (χ1) is 9.38. The molecule has 0 radical (unpaired) electrons. The minimum atomic E-state index is -1.39. The van der Waals surface area contributed by atoms with E-state index in [1.165, 1.54) is 0 Å². The third-order valence-corrected chi connectivity index (χ3v) is 11.6. The van der Waals surface area contributed by atoms with Crippen molar-refractivity contribution in [1.82, 2.24) is 0 Å². The average Bonchev–Trinajstić information content (AvgIpc) is 2.86. The van der Waals surface area contributed by atoms with Crippen LogP contribution in [0.5, 0.6) is 0 Å². The highest BCUT2D eigenvalue weighted by Crippen LogP contribution is 2.86. The van der Waals surface area contributed by atoms with Crippen LogP contribution in [0, 0.1) is 28.6 Å². The monoisotopic (exact) mass is 406 g/mol. The van der Waals surface area contributed by atoms with Gasteiger partial charge in [-0.05, 0) is 36.0 Å². The summed E-state index contributed by atoms with van der Waals surface area (Å²) in [6.07, 6.45) is 1.89. The van der Waals surface area contributed by atoms with E-state index in [0.717, 1.165) is 12.8 Å². The van der Waals surface area contributed by atoms with E-state index in [1.807, 2.05) is 0 Å². The van der Waals surface area contributed by atoms with Crippen LogP contribution in [0.2, 0.25) is 0 Å². The van der Waals surface area contributed by atoms with Gasteiger partial charge >= 0.3 is 0 Å². The van der Waals surface area contributed by atoms with Gasteiger partial charge in [-0.3, -0.25) is 0 Å². The lowest BCUT2D eigenvalue weighted by molar-refractivity contribution is 0.107. The van der Waals surface area contributed by atoms with E-state index in [9.17, 15) is 0 Å². The molecule has 118 valence electrons. The van der Waals surface area contributed by atoms with Crippen LogP contribution in [0.25, 0.3) is 0 Å². The molecule has 0 N–H and O–H groups in total. The molecule has 0 spiro atoms. The van der Waals surface area contributed by atoms with Crippen LogP contribution in [-0.2, 0) is 0 Å². The molecular formula is C15H16Cl6. The van der Waals surface area contributed by atoms with E-state index >= 15 is 0 Å². The zero-order valence-electron chi connectivity index (χ0n) is 11.9. The van der Waals surface area contributed by atoms with E-state index in [2.05, 4.69) is 20.8 Å². The molecule has 3 saturated carbocycles. The summed E-state index contributed by atoms with van der Waals surface area (Å²) in [5, 5.41) is 0.673. The summed E-state index contributed by atoms with van der Waals surface area (Å²) in [4.78, 5) is -2.20. The Morgan fingerprint density at radius 3 is 2.05 bits per heavy atom. The quantitative estimate of drug-likeness (QED) is 0.400. The fraction of sp³-hybridized carbons (Fsp3) is 0.867. The van der Waals surface area contributed by atoms with Crippen molar-refractivity contribution in [3.63, 3.8) is 0 Å². The fourth-order valence-corrected chi connectivity index (χ4v) is 9.00. The van der Waals surface area contributed by atoms with Gasteiger partial charge in [-0.15, -0.1) is 23.2 Å². The summed E-state index contributed by atoms with van der Waals surface area (Å²) >= 11 is 40.2. The molecule has 2 bridgehead atoms. The molecular weight excluding hydrogens is 393 g/mol. The first-order valence-electron chi connectivity index (χ1n) is 7.20. The van der Waals surface area contributed by atoms with Gasteiger partial charge in [-0.1, -0.05) is 67.2 Å². The maximum absolute atomic E-state index is 6.99. The van der Waals surface area contributed by atoms with Crippen LogP contribution in [0.15, 0.2) is 10.1 Å². The second-order valence-corrected chi connectivity index (χ2v) is 11.3. The molecule has 0 saturated heterocycles. The van der Waals surface area contributed by atoms with Crippen molar-refractivity contribution < 1.29 is 0 Å². The van der Waals surface area contributed by atoms with Crippen molar-refractivity contribution >= 4 is 69.6 Å². The molecule has 6 atom stereocenters. The summed E-state index contributed by atoms with van der Waals surface area (Å²) < 4.78 is -1.39. The first-order valence-corrected chi connectivity index (χ1v) is 9.47. The van der Waals surface area contributed by atoms with E-state index in [1.54, 1.807) is 0 Å². The highest BCUT2D eigenvalue weighted by atomic mass is 35.5. The van der Waals surface area contributed by atoms with E-state index in [0.29, 0.717) is 27.3 Å². The molecule has 6 unspecified atom stereocenters. The molecule has 0 heterocycles. The number of fused-ring (bicyclic) bond motifs is 6. The van der Waals surface area contributed by atoms with Gasteiger partial charge in [0.25, 0.3) is 0 Å². The molecule has 4 aliphatic rings. The third-order valence-electron chi connectivity index (χ3n) is 7.16. The topological polar surface area (TPSA) is 0 Å². The van der Waals surface area contributed by atoms with Gasteiger partial charge in [0.1, 0.15) is 9.75 Å². The molecule has 3 fully saturated rings. The first kappa shape index (κ1) is 16.0. The number of hydrogen-bond donors (Lipinski definition) is 0. The summed E-state index contributed by atoms with van der Waals surface area (Å²) in [5.41, 5.74) is -0.0161. The summed E-state index contributed by atoms with van der Waals surface area (Å²) in [6.45, 7) is 6.74. The van der Waals surface area contributed by atoms with E-state index in [4.69, 9.17) is 69.6 Å². The number of allylic oxidation sites excluding steroid dienone is 2. The Bertz CT molecular complexity index is 595. The van der Waals surface area contributed by atoms with Gasteiger partial charge in [-0.25, -0.2) is 0 Å². The highest BCUT2D eigenvalue weighted by Gasteiger charge is 2.88. The number of halogens is 6. The summed E-state index contributed by atoms with van der Waals surface area (Å²) in [5.74, 6) is 1.30.